The number of hydrogen-bond acceptors (Lipinski definition) is 8. The Morgan fingerprint density at radius 2 is 2.22 bits per heavy atom. The molecule has 0 radical (unpaired) electrons. The Balaban J connectivity index is 1.70. The van der Waals surface area contributed by atoms with Crippen molar-refractivity contribution in [2.75, 3.05) is 17.9 Å². The summed E-state index contributed by atoms with van der Waals surface area (Å²) in [7, 11) is 1.69. The van der Waals surface area contributed by atoms with Crippen molar-refractivity contribution in [2.24, 2.45) is 0 Å². The van der Waals surface area contributed by atoms with Crippen LogP contribution in [0.2, 0.25) is 0 Å². The van der Waals surface area contributed by atoms with Crippen LogP contribution in [0.25, 0.3) is 0 Å². The van der Waals surface area contributed by atoms with E-state index in [-0.39, 0.29) is 17.2 Å². The summed E-state index contributed by atoms with van der Waals surface area (Å²) in [6.07, 6.45) is 2.75. The van der Waals surface area contributed by atoms with Crippen molar-refractivity contribution in [2.45, 2.75) is 50.1 Å². The van der Waals surface area contributed by atoms with E-state index in [1.807, 2.05) is 32.0 Å². The van der Waals surface area contributed by atoms with Gasteiger partial charge < -0.3 is 10.5 Å². The quantitative estimate of drug-likeness (QED) is 0.618. The van der Waals surface area contributed by atoms with Crippen molar-refractivity contribution >= 4 is 23.5 Å². The smallest absolute Gasteiger partial charge is 0.223 e. The van der Waals surface area contributed by atoms with E-state index in [2.05, 4.69) is 32.2 Å². The second-order valence-electron chi connectivity index (χ2n) is 6.67. The second kappa shape index (κ2) is 6.91. The van der Waals surface area contributed by atoms with E-state index >= 15 is 0 Å². The highest BCUT2D eigenvalue weighted by Crippen LogP contribution is 2.47. The van der Waals surface area contributed by atoms with Crippen LogP contribution >= 0.6 is 11.8 Å². The van der Waals surface area contributed by atoms with Crippen molar-refractivity contribution in [3.63, 3.8) is 0 Å². The first-order valence-electron chi connectivity index (χ1n) is 8.81. The van der Waals surface area contributed by atoms with Gasteiger partial charge in [0.25, 0.3) is 0 Å². The van der Waals surface area contributed by atoms with Crippen molar-refractivity contribution in [3.05, 3.63) is 28.6 Å². The van der Waals surface area contributed by atoms with E-state index in [1.165, 1.54) is 0 Å². The molecule has 0 saturated carbocycles. The standard InChI is InChI=1S/C19H22N6OS/c1-5-6-12-7-13-15-17(22-19(20)23-18(15)27-12)25(24-13)9-14-11(3)16(26-4)10(2)8-21-14/h8,12-13,24H,7,9H2,1-4H3,(H2,20,22,23). The second-order valence-corrected chi connectivity index (χ2v) is 7.87. The number of methoxy groups -OCH3 is 1. The van der Waals surface area contributed by atoms with Gasteiger partial charge in [0.15, 0.2) is 5.82 Å². The van der Waals surface area contributed by atoms with E-state index in [0.717, 1.165) is 45.4 Å². The molecule has 2 atom stereocenters. The van der Waals surface area contributed by atoms with Crippen LogP contribution in [0, 0.1) is 25.7 Å². The lowest BCUT2D eigenvalue weighted by atomic mass is 10.1. The fraction of sp³-hybridized carbons (Fsp3) is 0.421. The minimum absolute atomic E-state index is 0.135. The van der Waals surface area contributed by atoms with Crippen LogP contribution in [0.5, 0.6) is 5.75 Å². The molecular weight excluding hydrogens is 360 g/mol. The molecule has 4 heterocycles. The molecule has 140 valence electrons. The van der Waals surface area contributed by atoms with Gasteiger partial charge in [-0.1, -0.05) is 17.7 Å². The van der Waals surface area contributed by atoms with Crippen LogP contribution < -0.4 is 20.9 Å². The minimum Gasteiger partial charge on any atom is -0.496 e. The van der Waals surface area contributed by atoms with Crippen LogP contribution in [0.15, 0.2) is 11.2 Å². The fourth-order valence-electron chi connectivity index (χ4n) is 3.69. The number of aryl methyl sites for hydroxylation is 1. The number of nitrogen functional groups attached to an aromatic ring is 1. The van der Waals surface area contributed by atoms with E-state index < -0.39 is 0 Å². The summed E-state index contributed by atoms with van der Waals surface area (Å²) in [6.45, 7) is 6.46. The number of ether oxygens (including phenoxy) is 1. The van der Waals surface area contributed by atoms with Crippen molar-refractivity contribution in [1.82, 2.24) is 20.4 Å². The highest BCUT2D eigenvalue weighted by atomic mass is 32.2. The summed E-state index contributed by atoms with van der Waals surface area (Å²) in [5.41, 5.74) is 13.6. The number of nitrogens with zero attached hydrogens (tertiary/aromatic N) is 4. The summed E-state index contributed by atoms with van der Waals surface area (Å²) in [4.78, 5) is 13.6. The number of hydrogen-bond donors (Lipinski definition) is 2. The lowest BCUT2D eigenvalue weighted by molar-refractivity contribution is 0.406. The molecule has 0 aromatic carbocycles. The number of aromatic nitrogens is 3. The predicted molar refractivity (Wildman–Crippen MR) is 106 cm³/mol. The van der Waals surface area contributed by atoms with Crippen LogP contribution in [0.4, 0.5) is 11.8 Å². The van der Waals surface area contributed by atoms with Gasteiger partial charge in [-0.25, -0.2) is 10.4 Å². The summed E-state index contributed by atoms with van der Waals surface area (Å²) in [5.74, 6) is 8.24. The molecule has 0 saturated heterocycles. The molecule has 4 rings (SSSR count). The van der Waals surface area contributed by atoms with Gasteiger partial charge in [0, 0.05) is 22.9 Å². The summed E-state index contributed by atoms with van der Waals surface area (Å²) in [5, 5.41) is 3.14. The summed E-state index contributed by atoms with van der Waals surface area (Å²) in [6, 6.07) is 0.135. The monoisotopic (exact) mass is 382 g/mol. The molecule has 2 unspecified atom stereocenters. The van der Waals surface area contributed by atoms with Crippen molar-refractivity contribution in [3.8, 4) is 17.6 Å². The van der Waals surface area contributed by atoms with Gasteiger partial charge in [-0.2, -0.15) is 4.98 Å². The lowest BCUT2D eigenvalue weighted by Crippen LogP contribution is -2.36. The molecule has 0 amide bonds. The Morgan fingerprint density at radius 1 is 1.41 bits per heavy atom. The minimum atomic E-state index is 0.135. The molecule has 2 aromatic heterocycles. The first-order chi connectivity index (χ1) is 13.0. The molecule has 2 aromatic rings. The molecular formula is C19H22N6OS. The summed E-state index contributed by atoms with van der Waals surface area (Å²) < 4.78 is 5.54. The maximum absolute atomic E-state index is 5.99. The van der Waals surface area contributed by atoms with Crippen LogP contribution in [0.3, 0.4) is 0 Å². The largest absolute Gasteiger partial charge is 0.496 e. The van der Waals surface area contributed by atoms with E-state index in [9.17, 15) is 0 Å². The molecule has 0 aliphatic carbocycles. The first kappa shape index (κ1) is 17.9. The molecule has 2 aliphatic rings. The maximum Gasteiger partial charge on any atom is 0.223 e. The number of anilines is 2. The topological polar surface area (TPSA) is 89.2 Å². The Kier molecular flexibility index (Phi) is 4.58. The zero-order valence-electron chi connectivity index (χ0n) is 15.8. The number of thioether (sulfide) groups is 1. The third-order valence-electron chi connectivity index (χ3n) is 4.89. The SMILES string of the molecule is CC#CC1CC2NN(Cc3ncc(C)c(OC)c3C)c3nc(N)nc(c32)S1. The summed E-state index contributed by atoms with van der Waals surface area (Å²) >= 11 is 1.67. The first-order valence-corrected chi connectivity index (χ1v) is 9.68. The number of pyridine rings is 1. The molecule has 2 aliphatic heterocycles. The van der Waals surface area contributed by atoms with Crippen LogP contribution in [-0.4, -0.2) is 27.3 Å². The maximum atomic E-state index is 5.99. The van der Waals surface area contributed by atoms with Gasteiger partial charge in [0.2, 0.25) is 5.95 Å². The lowest BCUT2D eigenvalue weighted by Gasteiger charge is -2.24. The third kappa shape index (κ3) is 3.07. The molecule has 8 heteroatoms. The third-order valence-corrected chi connectivity index (χ3v) is 6.02. The van der Waals surface area contributed by atoms with E-state index in [0.29, 0.717) is 6.54 Å². The predicted octanol–water partition coefficient (Wildman–Crippen LogP) is 2.53. The Hall–Kier alpha value is -2.50. The van der Waals surface area contributed by atoms with Gasteiger partial charge >= 0.3 is 0 Å². The number of nitrogens with one attached hydrogen (secondary N) is 1. The molecule has 27 heavy (non-hydrogen) atoms. The van der Waals surface area contributed by atoms with Crippen LogP contribution in [0.1, 0.15) is 41.8 Å². The van der Waals surface area contributed by atoms with Gasteiger partial charge in [-0.05, 0) is 27.2 Å². The molecule has 0 spiro atoms. The van der Waals surface area contributed by atoms with E-state index in [1.54, 1.807) is 18.9 Å². The molecule has 0 fully saturated rings. The fourth-order valence-corrected chi connectivity index (χ4v) is 4.93. The van der Waals surface area contributed by atoms with Gasteiger partial charge in [0.05, 0.1) is 30.6 Å². The zero-order valence-corrected chi connectivity index (χ0v) is 16.6. The molecule has 7 nitrogen and oxygen atoms in total. The average molecular weight is 382 g/mol. The van der Waals surface area contributed by atoms with Gasteiger partial charge in [-0.15, -0.1) is 5.92 Å². The molecule has 3 N–H and O–H groups in total. The average Bonchev–Trinajstić information content (AvgIpc) is 2.96. The zero-order chi connectivity index (χ0) is 19.1. The Bertz CT molecular complexity index is 967. The van der Waals surface area contributed by atoms with Gasteiger partial charge in [0.1, 0.15) is 10.8 Å². The Morgan fingerprint density at radius 3 is 2.96 bits per heavy atom. The Labute approximate surface area is 163 Å². The highest BCUT2D eigenvalue weighted by Gasteiger charge is 2.39. The number of rotatable bonds is 3. The van der Waals surface area contributed by atoms with Gasteiger partial charge in [-0.3, -0.25) is 9.99 Å². The van der Waals surface area contributed by atoms with Crippen LogP contribution in [-0.2, 0) is 6.54 Å². The van der Waals surface area contributed by atoms with Crippen molar-refractivity contribution in [1.29, 1.82) is 0 Å². The number of nitrogens with two attached hydrogens (primary N) is 1. The molecule has 0 bridgehead atoms. The highest BCUT2D eigenvalue weighted by molar-refractivity contribution is 8.00. The van der Waals surface area contributed by atoms with Crippen molar-refractivity contribution < 1.29 is 4.74 Å². The normalized spacial score (nSPS) is 20.1. The number of hydrazine groups is 1. The van der Waals surface area contributed by atoms with E-state index in [4.69, 9.17) is 10.5 Å².